The first-order chi connectivity index (χ1) is 10.0. The SMILES string of the molecule is Cc1nc2cc(NC(=O)c3cc(Cl)ccc3Cl)ccc2s1. The van der Waals surface area contributed by atoms with Gasteiger partial charge in [0.05, 0.1) is 25.8 Å². The van der Waals surface area contributed by atoms with Gasteiger partial charge in [-0.15, -0.1) is 11.3 Å². The van der Waals surface area contributed by atoms with Crippen LogP contribution in [0.25, 0.3) is 10.2 Å². The lowest BCUT2D eigenvalue weighted by molar-refractivity contribution is 0.102. The number of fused-ring (bicyclic) bond motifs is 1. The molecule has 1 N–H and O–H groups in total. The number of benzene rings is 2. The van der Waals surface area contributed by atoms with Crippen LogP contribution in [-0.4, -0.2) is 10.9 Å². The number of nitrogens with zero attached hydrogens (tertiary/aromatic N) is 1. The number of nitrogens with one attached hydrogen (secondary N) is 1. The lowest BCUT2D eigenvalue weighted by Crippen LogP contribution is -2.12. The van der Waals surface area contributed by atoms with Gasteiger partial charge in [0.1, 0.15) is 0 Å². The Morgan fingerprint density at radius 3 is 2.81 bits per heavy atom. The quantitative estimate of drug-likeness (QED) is 0.701. The molecule has 0 fully saturated rings. The van der Waals surface area contributed by atoms with Gasteiger partial charge in [0.2, 0.25) is 0 Å². The third-order valence-electron chi connectivity index (χ3n) is 2.93. The number of carbonyl (C=O) groups excluding carboxylic acids is 1. The van der Waals surface area contributed by atoms with Crippen LogP contribution in [0.4, 0.5) is 5.69 Å². The molecule has 0 saturated carbocycles. The molecule has 21 heavy (non-hydrogen) atoms. The monoisotopic (exact) mass is 336 g/mol. The Kier molecular flexibility index (Phi) is 3.85. The fourth-order valence-electron chi connectivity index (χ4n) is 1.99. The number of aryl methyl sites for hydroxylation is 1. The molecule has 0 bridgehead atoms. The second kappa shape index (κ2) is 5.64. The molecule has 1 heterocycles. The van der Waals surface area contributed by atoms with E-state index in [9.17, 15) is 4.79 Å². The number of carbonyl (C=O) groups is 1. The highest BCUT2D eigenvalue weighted by Crippen LogP contribution is 2.26. The minimum atomic E-state index is -0.297. The van der Waals surface area contributed by atoms with Crippen molar-refractivity contribution in [1.29, 1.82) is 0 Å². The number of hydrogen-bond acceptors (Lipinski definition) is 3. The standard InChI is InChI=1S/C15H10Cl2N2OS/c1-8-18-13-7-10(3-5-14(13)21-8)19-15(20)11-6-9(16)2-4-12(11)17/h2-7H,1H3,(H,19,20). The minimum Gasteiger partial charge on any atom is -0.322 e. The first-order valence-electron chi connectivity index (χ1n) is 6.16. The molecule has 3 aromatic rings. The van der Waals surface area contributed by atoms with Crippen LogP contribution >= 0.6 is 34.5 Å². The van der Waals surface area contributed by atoms with Gasteiger partial charge in [0, 0.05) is 10.7 Å². The summed E-state index contributed by atoms with van der Waals surface area (Å²) in [6, 6.07) is 10.4. The molecule has 0 saturated heterocycles. The highest BCUT2D eigenvalue weighted by Gasteiger charge is 2.12. The van der Waals surface area contributed by atoms with Gasteiger partial charge in [-0.1, -0.05) is 23.2 Å². The number of aromatic nitrogens is 1. The zero-order chi connectivity index (χ0) is 15.0. The third kappa shape index (κ3) is 3.02. The minimum absolute atomic E-state index is 0.297. The summed E-state index contributed by atoms with van der Waals surface area (Å²) in [4.78, 5) is 16.7. The summed E-state index contributed by atoms with van der Waals surface area (Å²) in [7, 11) is 0. The molecule has 1 aromatic heterocycles. The Hall–Kier alpha value is -1.62. The molecule has 0 aliphatic rings. The van der Waals surface area contributed by atoms with Crippen molar-refractivity contribution >= 4 is 56.3 Å². The normalized spacial score (nSPS) is 10.8. The van der Waals surface area contributed by atoms with Gasteiger partial charge in [0.15, 0.2) is 0 Å². The van der Waals surface area contributed by atoms with E-state index in [0.29, 0.717) is 21.3 Å². The van der Waals surface area contributed by atoms with E-state index in [4.69, 9.17) is 23.2 Å². The summed E-state index contributed by atoms with van der Waals surface area (Å²) >= 11 is 13.5. The van der Waals surface area contributed by atoms with Gasteiger partial charge in [-0.3, -0.25) is 4.79 Å². The Balaban J connectivity index is 1.90. The van der Waals surface area contributed by atoms with Gasteiger partial charge < -0.3 is 5.32 Å². The zero-order valence-corrected chi connectivity index (χ0v) is 13.3. The summed E-state index contributed by atoms with van der Waals surface area (Å²) in [6.45, 7) is 1.95. The fourth-order valence-corrected chi connectivity index (χ4v) is 3.17. The van der Waals surface area contributed by atoms with Crippen LogP contribution in [-0.2, 0) is 0 Å². The Bertz CT molecular complexity index is 845. The molecule has 0 spiro atoms. The van der Waals surface area contributed by atoms with Crippen molar-refractivity contribution in [1.82, 2.24) is 4.98 Å². The van der Waals surface area contributed by atoms with Crippen LogP contribution in [0.3, 0.4) is 0 Å². The average molecular weight is 337 g/mol. The number of halogens is 2. The molecule has 106 valence electrons. The van der Waals surface area contributed by atoms with Crippen LogP contribution in [0.15, 0.2) is 36.4 Å². The second-order valence-corrected chi connectivity index (χ2v) is 6.57. The highest BCUT2D eigenvalue weighted by atomic mass is 35.5. The summed E-state index contributed by atoms with van der Waals surface area (Å²) in [6.07, 6.45) is 0. The van der Waals surface area contributed by atoms with Crippen molar-refractivity contribution in [2.24, 2.45) is 0 Å². The summed E-state index contributed by atoms with van der Waals surface area (Å²) in [5.41, 5.74) is 1.89. The Labute approximate surface area is 135 Å². The molecule has 0 aliphatic heterocycles. The van der Waals surface area contributed by atoms with Gasteiger partial charge in [-0.2, -0.15) is 0 Å². The molecule has 3 nitrogen and oxygen atoms in total. The molecule has 0 unspecified atom stereocenters. The summed E-state index contributed by atoms with van der Waals surface area (Å²) in [5, 5.41) is 4.63. The molecular formula is C15H10Cl2N2OS. The van der Waals surface area contributed by atoms with Crippen molar-refractivity contribution < 1.29 is 4.79 Å². The van der Waals surface area contributed by atoms with Crippen molar-refractivity contribution in [3.05, 3.63) is 57.0 Å². The maximum Gasteiger partial charge on any atom is 0.257 e. The first kappa shape index (κ1) is 14.3. The molecule has 3 rings (SSSR count). The van der Waals surface area contributed by atoms with Crippen molar-refractivity contribution in [2.75, 3.05) is 5.32 Å². The molecule has 0 radical (unpaired) electrons. The predicted molar refractivity (Wildman–Crippen MR) is 88.8 cm³/mol. The maximum atomic E-state index is 12.3. The number of amides is 1. The van der Waals surface area contributed by atoms with Crippen LogP contribution < -0.4 is 5.32 Å². The van der Waals surface area contributed by atoms with Crippen molar-refractivity contribution in [3.63, 3.8) is 0 Å². The second-order valence-electron chi connectivity index (χ2n) is 4.49. The molecular weight excluding hydrogens is 327 g/mol. The van der Waals surface area contributed by atoms with E-state index in [-0.39, 0.29) is 5.91 Å². The van der Waals surface area contributed by atoms with E-state index >= 15 is 0 Å². The van der Waals surface area contributed by atoms with E-state index in [1.807, 2.05) is 25.1 Å². The fraction of sp³-hybridized carbons (Fsp3) is 0.0667. The number of anilines is 1. The van der Waals surface area contributed by atoms with Crippen LogP contribution in [0, 0.1) is 6.92 Å². The number of thiazole rings is 1. The van der Waals surface area contributed by atoms with Crippen LogP contribution in [0.1, 0.15) is 15.4 Å². The lowest BCUT2D eigenvalue weighted by atomic mass is 10.2. The van der Waals surface area contributed by atoms with E-state index < -0.39 is 0 Å². The molecule has 1 amide bonds. The molecule has 0 atom stereocenters. The Morgan fingerprint density at radius 2 is 2.00 bits per heavy atom. The maximum absolute atomic E-state index is 12.3. The van der Waals surface area contributed by atoms with Gasteiger partial charge in [-0.25, -0.2) is 4.98 Å². The smallest absolute Gasteiger partial charge is 0.257 e. The van der Waals surface area contributed by atoms with Gasteiger partial charge in [-0.05, 0) is 43.3 Å². The third-order valence-corrected chi connectivity index (χ3v) is 4.44. The predicted octanol–water partition coefficient (Wildman–Crippen LogP) is 5.16. The average Bonchev–Trinajstić information content (AvgIpc) is 2.80. The topological polar surface area (TPSA) is 42.0 Å². The molecule has 2 aromatic carbocycles. The first-order valence-corrected chi connectivity index (χ1v) is 7.74. The van der Waals surface area contributed by atoms with Crippen molar-refractivity contribution in [3.8, 4) is 0 Å². The number of hydrogen-bond donors (Lipinski definition) is 1. The summed E-state index contributed by atoms with van der Waals surface area (Å²) < 4.78 is 1.09. The summed E-state index contributed by atoms with van der Waals surface area (Å²) in [5.74, 6) is -0.297. The highest BCUT2D eigenvalue weighted by molar-refractivity contribution is 7.18. The van der Waals surface area contributed by atoms with E-state index in [1.54, 1.807) is 29.5 Å². The van der Waals surface area contributed by atoms with E-state index in [1.165, 1.54) is 0 Å². The van der Waals surface area contributed by atoms with E-state index in [2.05, 4.69) is 10.3 Å². The zero-order valence-electron chi connectivity index (χ0n) is 11.0. The van der Waals surface area contributed by atoms with E-state index in [0.717, 1.165) is 15.2 Å². The Morgan fingerprint density at radius 1 is 1.19 bits per heavy atom. The largest absolute Gasteiger partial charge is 0.322 e. The van der Waals surface area contributed by atoms with Gasteiger partial charge in [0.25, 0.3) is 5.91 Å². The molecule has 6 heteroatoms. The van der Waals surface area contributed by atoms with Crippen LogP contribution in [0.2, 0.25) is 10.0 Å². The molecule has 0 aliphatic carbocycles. The van der Waals surface area contributed by atoms with Crippen LogP contribution in [0.5, 0.6) is 0 Å². The van der Waals surface area contributed by atoms with Gasteiger partial charge >= 0.3 is 0 Å². The van der Waals surface area contributed by atoms with Crippen molar-refractivity contribution in [2.45, 2.75) is 6.92 Å². The lowest BCUT2D eigenvalue weighted by Gasteiger charge is -2.07. The number of rotatable bonds is 2.